The molecular weight excluding hydrogens is 425 g/mol. The predicted octanol–water partition coefficient (Wildman–Crippen LogP) is 4.99. The van der Waals surface area contributed by atoms with Gasteiger partial charge in [0, 0.05) is 54.1 Å². The van der Waals surface area contributed by atoms with Crippen LogP contribution in [0.4, 0.5) is 9.52 Å². The summed E-state index contributed by atoms with van der Waals surface area (Å²) in [5.74, 6) is 0.415. The fraction of sp³-hybridized carbons (Fsp3) is 0.500. The van der Waals surface area contributed by atoms with Gasteiger partial charge in [-0.05, 0) is 52.7 Å². The Balaban J connectivity index is 1.48. The van der Waals surface area contributed by atoms with Crippen LogP contribution in [0.1, 0.15) is 46.2 Å². The van der Waals surface area contributed by atoms with Gasteiger partial charge >= 0.3 is 0 Å². The maximum absolute atomic E-state index is 15.1. The first-order chi connectivity index (χ1) is 15.0. The molecule has 0 atom stereocenters. The molecule has 8 heteroatoms. The lowest BCUT2D eigenvalue weighted by Gasteiger charge is -2.48. The molecule has 0 unspecified atom stereocenters. The highest BCUT2D eigenvalue weighted by Gasteiger charge is 2.40. The van der Waals surface area contributed by atoms with Gasteiger partial charge in [0.2, 0.25) is 0 Å². The lowest BCUT2D eigenvalue weighted by molar-refractivity contribution is 0.161. The molecule has 6 nitrogen and oxygen atoms in total. The quantitative estimate of drug-likeness (QED) is 0.603. The Hall–Kier alpha value is -2.45. The fourth-order valence-electron chi connectivity index (χ4n) is 5.27. The Morgan fingerprint density at radius 3 is 2.56 bits per heavy atom. The molecule has 0 saturated carbocycles. The number of halogens is 1. The summed E-state index contributed by atoms with van der Waals surface area (Å²) in [5.41, 5.74) is 3.01. The number of rotatable bonds is 3. The van der Waals surface area contributed by atoms with Crippen LogP contribution >= 0.6 is 11.3 Å². The van der Waals surface area contributed by atoms with Crippen molar-refractivity contribution in [3.05, 3.63) is 36.0 Å². The molecule has 2 aliphatic rings. The molecule has 3 aromatic rings. The van der Waals surface area contributed by atoms with Crippen LogP contribution in [0, 0.1) is 5.82 Å². The van der Waals surface area contributed by atoms with Gasteiger partial charge in [0.05, 0.1) is 16.8 Å². The lowest BCUT2D eigenvalue weighted by Crippen LogP contribution is -2.61. The van der Waals surface area contributed by atoms with E-state index in [0.717, 1.165) is 39.7 Å². The molecular formula is C24H30FN5OS. The molecule has 0 spiro atoms. The second kappa shape index (κ2) is 7.28. The highest BCUT2D eigenvalue weighted by atomic mass is 32.1. The molecule has 170 valence electrons. The second-order valence-electron chi connectivity index (χ2n) is 10.4. The van der Waals surface area contributed by atoms with E-state index >= 15 is 4.39 Å². The van der Waals surface area contributed by atoms with Crippen LogP contribution in [0.15, 0.2) is 24.5 Å². The lowest BCUT2D eigenvalue weighted by atomic mass is 9.79. The third kappa shape index (κ3) is 3.79. The first-order valence-electron chi connectivity index (χ1n) is 11.0. The number of hydrogen-bond acceptors (Lipinski definition) is 6. The summed E-state index contributed by atoms with van der Waals surface area (Å²) in [6, 6.07) is 3.74. The van der Waals surface area contributed by atoms with Crippen LogP contribution in [-0.2, 0) is 13.7 Å². The summed E-state index contributed by atoms with van der Waals surface area (Å²) in [6.07, 6.45) is 5.54. The van der Waals surface area contributed by atoms with Gasteiger partial charge in [0.25, 0.3) is 0 Å². The third-order valence-electron chi connectivity index (χ3n) is 6.40. The minimum absolute atomic E-state index is 0.0547. The van der Waals surface area contributed by atoms with Crippen molar-refractivity contribution in [1.82, 2.24) is 20.1 Å². The summed E-state index contributed by atoms with van der Waals surface area (Å²) in [4.78, 5) is 8.19. The van der Waals surface area contributed by atoms with Crippen LogP contribution in [0.25, 0.3) is 21.6 Å². The molecule has 5 rings (SSSR count). The number of piperidine rings is 1. The van der Waals surface area contributed by atoms with Gasteiger partial charge in [0.1, 0.15) is 18.2 Å². The Morgan fingerprint density at radius 2 is 1.91 bits per heavy atom. The Labute approximate surface area is 192 Å². The third-order valence-corrected chi connectivity index (χ3v) is 7.62. The van der Waals surface area contributed by atoms with Crippen molar-refractivity contribution in [2.75, 3.05) is 11.9 Å². The normalized spacial score (nSPS) is 19.2. The number of nitrogens with one attached hydrogen (secondary N) is 1. The van der Waals surface area contributed by atoms with E-state index in [1.54, 1.807) is 40.5 Å². The number of benzene rings is 1. The van der Waals surface area contributed by atoms with Crippen molar-refractivity contribution in [2.45, 2.75) is 64.3 Å². The highest BCUT2D eigenvalue weighted by Crippen LogP contribution is 2.46. The van der Waals surface area contributed by atoms with Crippen molar-refractivity contribution in [1.29, 1.82) is 0 Å². The van der Waals surface area contributed by atoms with Crippen molar-refractivity contribution in [3.8, 4) is 27.3 Å². The Kier molecular flexibility index (Phi) is 4.87. The van der Waals surface area contributed by atoms with Crippen molar-refractivity contribution in [3.63, 3.8) is 0 Å². The van der Waals surface area contributed by atoms with Crippen LogP contribution in [0.2, 0.25) is 0 Å². The first kappa shape index (κ1) is 21.4. The van der Waals surface area contributed by atoms with Gasteiger partial charge in [-0.1, -0.05) is 11.3 Å². The van der Waals surface area contributed by atoms with E-state index in [9.17, 15) is 0 Å². The topological polar surface area (TPSA) is 55.2 Å². The molecule has 4 heterocycles. The predicted molar refractivity (Wildman–Crippen MR) is 127 cm³/mol. The molecule has 0 aliphatic carbocycles. The summed E-state index contributed by atoms with van der Waals surface area (Å²) in [5, 5.41) is 8.87. The van der Waals surface area contributed by atoms with Crippen LogP contribution in [0.3, 0.4) is 0 Å². The number of nitrogens with zero attached hydrogens (tertiary/aromatic N) is 4. The maximum Gasteiger partial charge on any atom is 0.186 e. The monoisotopic (exact) mass is 455 g/mol. The summed E-state index contributed by atoms with van der Waals surface area (Å²) in [7, 11) is 3.95. The van der Waals surface area contributed by atoms with Crippen LogP contribution in [-0.4, -0.2) is 38.9 Å². The highest BCUT2D eigenvalue weighted by molar-refractivity contribution is 7.19. The van der Waals surface area contributed by atoms with Crippen molar-refractivity contribution < 1.29 is 9.13 Å². The van der Waals surface area contributed by atoms with E-state index in [-0.39, 0.29) is 16.9 Å². The minimum Gasteiger partial charge on any atom is -0.487 e. The zero-order valence-electron chi connectivity index (χ0n) is 19.5. The molecule has 0 radical (unpaired) electrons. The molecule has 1 N–H and O–H groups in total. The summed E-state index contributed by atoms with van der Waals surface area (Å²) >= 11 is 1.63. The molecule has 0 bridgehead atoms. The molecule has 1 aromatic carbocycles. The molecule has 0 amide bonds. The van der Waals surface area contributed by atoms with Crippen LogP contribution in [0.5, 0.6) is 5.75 Å². The smallest absolute Gasteiger partial charge is 0.186 e. The number of ether oxygens (including phenoxy) is 1. The van der Waals surface area contributed by atoms with E-state index in [0.29, 0.717) is 24.0 Å². The Bertz CT molecular complexity index is 1170. The van der Waals surface area contributed by atoms with Gasteiger partial charge < -0.3 is 15.0 Å². The maximum atomic E-state index is 15.1. The molecule has 32 heavy (non-hydrogen) atoms. The molecule has 1 fully saturated rings. The van der Waals surface area contributed by atoms with E-state index in [4.69, 9.17) is 9.72 Å². The standard InChI is InChI=1S/C24H30FN5OS/c1-23(2)9-15(10-24(3,4)28-23)30(6)22-27-19-13-31-20-8-16(14-11-26-29(5)12-14)18(25)7-17(20)21(19)32-22/h7-8,11-12,15,28H,9-10,13H2,1-6H3. The van der Waals surface area contributed by atoms with Gasteiger partial charge in [-0.15, -0.1) is 0 Å². The largest absolute Gasteiger partial charge is 0.487 e. The number of thiazole rings is 1. The van der Waals surface area contributed by atoms with Crippen molar-refractivity contribution in [2.24, 2.45) is 7.05 Å². The van der Waals surface area contributed by atoms with Gasteiger partial charge in [-0.2, -0.15) is 5.10 Å². The number of anilines is 1. The SMILES string of the molecule is CN(c1nc2c(s1)-c1cc(F)c(-c3cnn(C)c3)cc1OC2)C1CC(C)(C)NC(C)(C)C1. The van der Waals surface area contributed by atoms with E-state index in [2.05, 4.69) is 50.1 Å². The molecule has 1 saturated heterocycles. The number of aryl methyl sites for hydroxylation is 1. The zero-order valence-corrected chi connectivity index (χ0v) is 20.3. The van der Waals surface area contributed by atoms with Crippen LogP contribution < -0.4 is 15.0 Å². The van der Waals surface area contributed by atoms with E-state index in [1.165, 1.54) is 0 Å². The van der Waals surface area contributed by atoms with Crippen molar-refractivity contribution >= 4 is 16.5 Å². The van der Waals surface area contributed by atoms with Gasteiger partial charge in [0.15, 0.2) is 5.13 Å². The molecule has 2 aromatic heterocycles. The average Bonchev–Trinajstić information content (AvgIpc) is 3.31. The van der Waals surface area contributed by atoms with E-state index < -0.39 is 0 Å². The van der Waals surface area contributed by atoms with Gasteiger partial charge in [-0.25, -0.2) is 9.37 Å². The number of aromatic nitrogens is 3. The number of fused-ring (bicyclic) bond motifs is 3. The van der Waals surface area contributed by atoms with E-state index in [1.807, 2.05) is 7.05 Å². The second-order valence-corrected chi connectivity index (χ2v) is 11.3. The summed E-state index contributed by atoms with van der Waals surface area (Å²) in [6.45, 7) is 9.43. The number of hydrogen-bond donors (Lipinski definition) is 1. The average molecular weight is 456 g/mol. The fourth-order valence-corrected chi connectivity index (χ4v) is 6.40. The molecule has 2 aliphatic heterocycles. The summed E-state index contributed by atoms with van der Waals surface area (Å²) < 4.78 is 22.7. The minimum atomic E-state index is -0.279. The zero-order chi connectivity index (χ0) is 22.8. The van der Waals surface area contributed by atoms with Gasteiger partial charge in [-0.3, -0.25) is 4.68 Å². The Morgan fingerprint density at radius 1 is 1.19 bits per heavy atom. The first-order valence-corrected chi connectivity index (χ1v) is 11.8.